The van der Waals surface area contributed by atoms with Crippen LogP contribution in [0.3, 0.4) is 0 Å². The fourth-order valence-corrected chi connectivity index (χ4v) is 4.53. The first kappa shape index (κ1) is 20.6. The van der Waals surface area contributed by atoms with Gasteiger partial charge in [-0.15, -0.1) is 0 Å². The second-order valence-electron chi connectivity index (χ2n) is 6.16. The van der Waals surface area contributed by atoms with Gasteiger partial charge in [0.05, 0.1) is 10.7 Å². The highest BCUT2D eigenvalue weighted by atomic mass is 32.2. The quantitative estimate of drug-likeness (QED) is 0.297. The van der Waals surface area contributed by atoms with Gasteiger partial charge < -0.3 is 0 Å². The summed E-state index contributed by atoms with van der Waals surface area (Å²) in [6.45, 7) is 4.17. The summed E-state index contributed by atoms with van der Waals surface area (Å²) < 4.78 is 25.7. The lowest BCUT2D eigenvalue weighted by molar-refractivity contribution is -0.103. The van der Waals surface area contributed by atoms with E-state index >= 15 is 0 Å². The number of benzene rings is 1. The van der Waals surface area contributed by atoms with E-state index in [9.17, 15) is 13.2 Å². The zero-order chi connectivity index (χ0) is 17.8. The SMILES string of the molecule is CCCCCCC(=C(C=O)c1ccccc1)S(=O)(=O)CCCCC. The minimum Gasteiger partial charge on any atom is -0.298 e. The Morgan fingerprint density at radius 1 is 0.917 bits per heavy atom. The van der Waals surface area contributed by atoms with E-state index in [0.717, 1.165) is 38.5 Å². The number of carbonyl (C=O) groups is 1. The molecule has 0 bridgehead atoms. The second-order valence-corrected chi connectivity index (χ2v) is 8.29. The number of carbonyl (C=O) groups excluding carboxylic acids is 1. The van der Waals surface area contributed by atoms with Crippen molar-refractivity contribution in [1.82, 2.24) is 0 Å². The normalized spacial score (nSPS) is 12.8. The third kappa shape index (κ3) is 6.60. The number of allylic oxidation sites excluding steroid dienone is 2. The molecule has 0 aliphatic carbocycles. The van der Waals surface area contributed by atoms with Gasteiger partial charge in [0.2, 0.25) is 0 Å². The molecule has 24 heavy (non-hydrogen) atoms. The minimum atomic E-state index is -3.39. The van der Waals surface area contributed by atoms with Crippen LogP contribution in [-0.2, 0) is 14.6 Å². The van der Waals surface area contributed by atoms with Crippen LogP contribution < -0.4 is 0 Å². The first-order chi connectivity index (χ1) is 11.6. The molecule has 1 aromatic rings. The van der Waals surface area contributed by atoms with Crippen LogP contribution in [0.1, 0.15) is 70.8 Å². The number of unbranched alkanes of at least 4 members (excludes halogenated alkanes) is 5. The summed E-state index contributed by atoms with van der Waals surface area (Å²) >= 11 is 0. The number of hydrogen-bond acceptors (Lipinski definition) is 3. The van der Waals surface area contributed by atoms with Gasteiger partial charge in [-0.3, -0.25) is 4.79 Å². The fourth-order valence-electron chi connectivity index (χ4n) is 2.75. The third-order valence-electron chi connectivity index (χ3n) is 4.15. The molecule has 1 aromatic carbocycles. The van der Waals surface area contributed by atoms with Gasteiger partial charge in [0, 0.05) is 5.57 Å². The molecule has 0 saturated heterocycles. The maximum absolute atomic E-state index is 12.8. The van der Waals surface area contributed by atoms with E-state index in [1.807, 2.05) is 18.2 Å². The van der Waals surface area contributed by atoms with Gasteiger partial charge in [0.1, 0.15) is 0 Å². The molecule has 1 rings (SSSR count). The number of sulfone groups is 1. The van der Waals surface area contributed by atoms with Crippen LogP contribution in [0.25, 0.3) is 5.57 Å². The predicted octanol–water partition coefficient (Wildman–Crippen LogP) is 5.17. The van der Waals surface area contributed by atoms with Crippen LogP contribution in [0.2, 0.25) is 0 Å². The van der Waals surface area contributed by atoms with Crippen molar-refractivity contribution in [1.29, 1.82) is 0 Å². The Balaban J connectivity index is 3.15. The molecule has 0 aromatic heterocycles. The van der Waals surface area contributed by atoms with Crippen molar-refractivity contribution in [3.63, 3.8) is 0 Å². The molecule has 0 N–H and O–H groups in total. The zero-order valence-electron chi connectivity index (χ0n) is 15.0. The molecule has 0 aliphatic heterocycles. The highest BCUT2D eigenvalue weighted by molar-refractivity contribution is 7.95. The van der Waals surface area contributed by atoms with Crippen LogP contribution in [0.5, 0.6) is 0 Å². The Hall–Kier alpha value is -1.42. The molecule has 0 spiro atoms. The van der Waals surface area contributed by atoms with Gasteiger partial charge in [-0.25, -0.2) is 8.42 Å². The van der Waals surface area contributed by atoms with Gasteiger partial charge in [-0.05, 0) is 24.8 Å². The van der Waals surface area contributed by atoms with Gasteiger partial charge >= 0.3 is 0 Å². The average Bonchev–Trinajstić information content (AvgIpc) is 2.58. The Kier molecular flexibility index (Phi) is 9.62. The smallest absolute Gasteiger partial charge is 0.175 e. The zero-order valence-corrected chi connectivity index (χ0v) is 15.8. The molecule has 0 fully saturated rings. The van der Waals surface area contributed by atoms with Gasteiger partial charge in [0.15, 0.2) is 16.1 Å². The lowest BCUT2D eigenvalue weighted by Crippen LogP contribution is -2.12. The maximum atomic E-state index is 12.8. The molecule has 0 unspecified atom stereocenters. The summed E-state index contributed by atoms with van der Waals surface area (Å²) in [5.74, 6) is 0.133. The van der Waals surface area contributed by atoms with Crippen molar-refractivity contribution in [2.75, 3.05) is 5.75 Å². The lowest BCUT2D eigenvalue weighted by Gasteiger charge is -2.13. The average molecular weight is 351 g/mol. The fraction of sp³-hybridized carbons (Fsp3) is 0.550. The van der Waals surface area contributed by atoms with E-state index in [1.54, 1.807) is 12.1 Å². The molecule has 134 valence electrons. The molecule has 0 saturated carbocycles. The molecule has 0 radical (unpaired) electrons. The molecule has 0 heterocycles. The third-order valence-corrected chi connectivity index (χ3v) is 6.15. The van der Waals surface area contributed by atoms with Crippen LogP contribution in [-0.4, -0.2) is 20.5 Å². The number of rotatable bonds is 12. The predicted molar refractivity (Wildman–Crippen MR) is 101 cm³/mol. The molecule has 0 aliphatic rings. The van der Waals surface area contributed by atoms with Gasteiger partial charge in [-0.2, -0.15) is 0 Å². The summed E-state index contributed by atoms with van der Waals surface area (Å²) in [5, 5.41) is 0. The number of aldehydes is 1. The number of hydrogen-bond donors (Lipinski definition) is 0. The molecular formula is C20H30O3S. The van der Waals surface area contributed by atoms with Gasteiger partial charge in [-0.1, -0.05) is 76.3 Å². The van der Waals surface area contributed by atoms with Crippen molar-refractivity contribution < 1.29 is 13.2 Å². The van der Waals surface area contributed by atoms with Crippen molar-refractivity contribution in [3.8, 4) is 0 Å². The van der Waals surface area contributed by atoms with E-state index in [-0.39, 0.29) is 5.75 Å². The Morgan fingerprint density at radius 2 is 1.54 bits per heavy atom. The van der Waals surface area contributed by atoms with Crippen molar-refractivity contribution in [3.05, 3.63) is 40.8 Å². The standard InChI is InChI=1S/C20H30O3S/c1-3-5-7-11-15-20(24(22,23)16-12-6-4-2)19(17-21)18-13-9-8-10-14-18/h8-10,13-14,17H,3-7,11-12,15-16H2,1-2H3. The molecular weight excluding hydrogens is 320 g/mol. The van der Waals surface area contributed by atoms with Gasteiger partial charge in [0.25, 0.3) is 0 Å². The minimum absolute atomic E-state index is 0.133. The summed E-state index contributed by atoms with van der Waals surface area (Å²) in [4.78, 5) is 12.0. The first-order valence-corrected chi connectivity index (χ1v) is 10.7. The lowest BCUT2D eigenvalue weighted by atomic mass is 10.0. The molecule has 0 amide bonds. The van der Waals surface area contributed by atoms with E-state index < -0.39 is 9.84 Å². The monoisotopic (exact) mass is 350 g/mol. The highest BCUT2D eigenvalue weighted by Crippen LogP contribution is 2.27. The van der Waals surface area contributed by atoms with E-state index in [1.165, 1.54) is 0 Å². The topological polar surface area (TPSA) is 51.2 Å². The van der Waals surface area contributed by atoms with Crippen LogP contribution in [0.4, 0.5) is 0 Å². The summed E-state index contributed by atoms with van der Waals surface area (Å²) in [7, 11) is -3.39. The van der Waals surface area contributed by atoms with E-state index in [4.69, 9.17) is 0 Å². The van der Waals surface area contributed by atoms with E-state index in [0.29, 0.717) is 35.2 Å². The maximum Gasteiger partial charge on any atom is 0.175 e. The van der Waals surface area contributed by atoms with Crippen molar-refractivity contribution in [2.45, 2.75) is 65.2 Å². The Morgan fingerprint density at radius 3 is 2.12 bits per heavy atom. The largest absolute Gasteiger partial charge is 0.298 e. The summed E-state index contributed by atoms with van der Waals surface area (Å²) in [6.07, 6.45) is 7.67. The summed E-state index contributed by atoms with van der Waals surface area (Å²) in [6, 6.07) is 9.13. The van der Waals surface area contributed by atoms with Crippen molar-refractivity contribution >= 4 is 21.7 Å². The van der Waals surface area contributed by atoms with Crippen LogP contribution >= 0.6 is 0 Å². The molecule has 0 atom stereocenters. The van der Waals surface area contributed by atoms with E-state index in [2.05, 4.69) is 13.8 Å². The van der Waals surface area contributed by atoms with Crippen molar-refractivity contribution in [2.24, 2.45) is 0 Å². The van der Waals surface area contributed by atoms with Crippen LogP contribution in [0, 0.1) is 0 Å². The highest BCUT2D eigenvalue weighted by Gasteiger charge is 2.22. The Bertz CT molecular complexity index is 616. The molecule has 4 heteroatoms. The second kappa shape index (κ2) is 11.2. The first-order valence-electron chi connectivity index (χ1n) is 9.03. The molecule has 3 nitrogen and oxygen atoms in total. The summed E-state index contributed by atoms with van der Waals surface area (Å²) in [5.41, 5.74) is 1.03. The van der Waals surface area contributed by atoms with Crippen LogP contribution in [0.15, 0.2) is 35.2 Å². The Labute approximate surface area is 147 Å².